The number of carboxylic acid groups (broad SMARTS) is 2. The quantitative estimate of drug-likeness (QED) is 0.153. The smallest absolute Gasteiger partial charge is 0.322 e. The summed E-state index contributed by atoms with van der Waals surface area (Å²) in [6.45, 7) is -0.627. The van der Waals surface area contributed by atoms with Gasteiger partial charge in [-0.05, 0) is 6.42 Å². The topological polar surface area (TPSA) is 198 Å². The van der Waals surface area contributed by atoms with E-state index in [1.54, 1.807) is 0 Å². The maximum atomic E-state index is 12.1. The van der Waals surface area contributed by atoms with E-state index < -0.39 is 54.8 Å². The third-order valence-corrected chi connectivity index (χ3v) is 4.56. The Morgan fingerprint density at radius 2 is 1.71 bits per heavy atom. The maximum Gasteiger partial charge on any atom is 0.322 e. The molecule has 0 fully saturated rings. The Morgan fingerprint density at radius 3 is 2.21 bits per heavy atom. The van der Waals surface area contributed by atoms with Crippen LogP contribution in [0.3, 0.4) is 0 Å². The normalized spacial score (nSPS) is 14.2. The van der Waals surface area contributed by atoms with E-state index in [9.17, 15) is 24.3 Å². The van der Waals surface area contributed by atoms with E-state index in [-0.39, 0.29) is 24.3 Å². The van der Waals surface area contributed by atoms with Gasteiger partial charge in [0.25, 0.3) is 0 Å². The van der Waals surface area contributed by atoms with Crippen molar-refractivity contribution >= 4 is 35.5 Å². The Labute approximate surface area is 166 Å². The number of hydrogen-bond acceptors (Lipinski definition) is 9. The molecule has 12 nitrogen and oxygen atoms in total. The number of methoxy groups -OCH3 is 2. The van der Waals surface area contributed by atoms with Crippen LogP contribution in [0, 0.1) is 0 Å². The first-order valence-electron chi connectivity index (χ1n) is 8.21. The van der Waals surface area contributed by atoms with Gasteiger partial charge in [0.15, 0.2) is 6.29 Å². The summed E-state index contributed by atoms with van der Waals surface area (Å²) in [6.07, 6.45) is -2.20. The van der Waals surface area contributed by atoms with Crippen molar-refractivity contribution in [3.8, 4) is 0 Å². The number of aliphatic hydroxyl groups excluding tert-OH is 1. The summed E-state index contributed by atoms with van der Waals surface area (Å²) in [4.78, 5) is 45.4. The molecule has 0 radical (unpaired) electrons. The number of rotatable bonds is 15. The summed E-state index contributed by atoms with van der Waals surface area (Å²) in [7, 11) is 2.71. The van der Waals surface area contributed by atoms with Crippen molar-refractivity contribution in [2.75, 3.05) is 32.3 Å². The standard InChI is InChI=1S/C15H27N3O9S/c1-26-15(27-2)10(19)7-28-6-9(13(23)17-5-12(21)22)18-11(20)4-3-8(16)14(24)25/h8-10,15,19H,3-7,16H2,1-2H3,(H,17,23)(H,18,20)(H,21,22)(H,24,25). The molecule has 0 aromatic rings. The van der Waals surface area contributed by atoms with Crippen LogP contribution in [0.2, 0.25) is 0 Å². The molecular formula is C15H27N3O9S. The van der Waals surface area contributed by atoms with E-state index in [2.05, 4.69) is 10.6 Å². The third kappa shape index (κ3) is 11.0. The highest BCUT2D eigenvalue weighted by Gasteiger charge is 2.24. The highest BCUT2D eigenvalue weighted by Crippen LogP contribution is 2.11. The van der Waals surface area contributed by atoms with Crippen LogP contribution in [0.4, 0.5) is 0 Å². The molecule has 13 heteroatoms. The SMILES string of the molecule is COC(OC)C(O)CSCC(NC(=O)CCC(N)C(=O)O)C(=O)NCC(=O)O. The Balaban J connectivity index is 4.73. The largest absolute Gasteiger partial charge is 0.480 e. The van der Waals surface area contributed by atoms with Gasteiger partial charge < -0.3 is 41.2 Å². The number of amides is 2. The lowest BCUT2D eigenvalue weighted by atomic mass is 10.1. The highest BCUT2D eigenvalue weighted by atomic mass is 32.2. The highest BCUT2D eigenvalue weighted by molar-refractivity contribution is 7.99. The van der Waals surface area contributed by atoms with Crippen LogP contribution in [0.25, 0.3) is 0 Å². The fourth-order valence-electron chi connectivity index (χ4n) is 1.94. The monoisotopic (exact) mass is 425 g/mol. The van der Waals surface area contributed by atoms with Gasteiger partial charge in [-0.25, -0.2) is 0 Å². The number of nitrogens with one attached hydrogen (secondary N) is 2. The molecule has 0 rings (SSSR count). The molecule has 162 valence electrons. The lowest BCUT2D eigenvalue weighted by Gasteiger charge is -2.21. The van der Waals surface area contributed by atoms with Crippen LogP contribution in [-0.2, 0) is 28.7 Å². The molecule has 3 atom stereocenters. The zero-order valence-corrected chi connectivity index (χ0v) is 16.4. The molecule has 0 heterocycles. The zero-order valence-electron chi connectivity index (χ0n) is 15.6. The van der Waals surface area contributed by atoms with E-state index in [0.29, 0.717) is 0 Å². The minimum Gasteiger partial charge on any atom is -0.480 e. The summed E-state index contributed by atoms with van der Waals surface area (Å²) < 4.78 is 9.82. The average molecular weight is 425 g/mol. The van der Waals surface area contributed by atoms with Crippen molar-refractivity contribution in [1.29, 1.82) is 0 Å². The Hall–Kier alpha value is -1.93. The molecule has 0 spiro atoms. The van der Waals surface area contributed by atoms with Crippen molar-refractivity contribution in [3.05, 3.63) is 0 Å². The number of aliphatic carboxylic acids is 2. The molecule has 28 heavy (non-hydrogen) atoms. The van der Waals surface area contributed by atoms with Gasteiger partial charge in [0.05, 0.1) is 0 Å². The van der Waals surface area contributed by atoms with E-state index in [1.165, 1.54) is 14.2 Å². The molecular weight excluding hydrogens is 398 g/mol. The van der Waals surface area contributed by atoms with Crippen molar-refractivity contribution in [1.82, 2.24) is 10.6 Å². The van der Waals surface area contributed by atoms with Crippen molar-refractivity contribution in [2.24, 2.45) is 5.73 Å². The van der Waals surface area contributed by atoms with Gasteiger partial charge in [-0.1, -0.05) is 0 Å². The molecule has 2 amide bonds. The predicted octanol–water partition coefficient (Wildman–Crippen LogP) is -2.42. The van der Waals surface area contributed by atoms with Gasteiger partial charge in [-0.3, -0.25) is 19.2 Å². The molecule has 3 unspecified atom stereocenters. The van der Waals surface area contributed by atoms with Gasteiger partial charge in [-0.15, -0.1) is 0 Å². The molecule has 0 aliphatic carbocycles. The van der Waals surface area contributed by atoms with Gasteiger partial charge in [-0.2, -0.15) is 11.8 Å². The van der Waals surface area contributed by atoms with Crippen LogP contribution < -0.4 is 16.4 Å². The Kier molecular flexibility index (Phi) is 13.1. The summed E-state index contributed by atoms with van der Waals surface area (Å²) in [5.74, 6) is -3.69. The van der Waals surface area contributed by atoms with Gasteiger partial charge in [0.2, 0.25) is 11.8 Å². The number of thioether (sulfide) groups is 1. The number of carbonyl (C=O) groups excluding carboxylic acids is 2. The zero-order chi connectivity index (χ0) is 21.7. The Bertz CT molecular complexity index is 531. The molecule has 0 bridgehead atoms. The summed E-state index contributed by atoms with van der Waals surface area (Å²) >= 11 is 1.11. The van der Waals surface area contributed by atoms with E-state index in [1.807, 2.05) is 0 Å². The van der Waals surface area contributed by atoms with Crippen molar-refractivity contribution < 1.29 is 44.0 Å². The minimum atomic E-state index is -1.25. The lowest BCUT2D eigenvalue weighted by Crippen LogP contribution is -2.49. The average Bonchev–Trinajstić information content (AvgIpc) is 2.64. The van der Waals surface area contributed by atoms with E-state index >= 15 is 0 Å². The number of hydrogen-bond donors (Lipinski definition) is 6. The second-order valence-electron chi connectivity index (χ2n) is 5.66. The fourth-order valence-corrected chi connectivity index (χ4v) is 2.95. The van der Waals surface area contributed by atoms with Gasteiger partial charge in [0, 0.05) is 32.1 Å². The Morgan fingerprint density at radius 1 is 1.11 bits per heavy atom. The predicted molar refractivity (Wildman–Crippen MR) is 98.6 cm³/mol. The first-order chi connectivity index (χ1) is 13.1. The molecule has 0 saturated heterocycles. The number of carbonyl (C=O) groups is 4. The first kappa shape index (κ1) is 26.1. The van der Waals surface area contributed by atoms with Crippen LogP contribution >= 0.6 is 11.8 Å². The number of ether oxygens (including phenoxy) is 2. The van der Waals surface area contributed by atoms with Gasteiger partial charge in [0.1, 0.15) is 24.7 Å². The van der Waals surface area contributed by atoms with Crippen molar-refractivity contribution in [2.45, 2.75) is 37.3 Å². The van der Waals surface area contributed by atoms with Crippen LogP contribution in [-0.4, -0.2) is 95.8 Å². The molecule has 0 aromatic heterocycles. The lowest BCUT2D eigenvalue weighted by molar-refractivity contribution is -0.156. The molecule has 0 saturated carbocycles. The van der Waals surface area contributed by atoms with E-state index in [0.717, 1.165) is 11.8 Å². The minimum absolute atomic E-state index is 0.0272. The summed E-state index contributed by atoms with van der Waals surface area (Å²) in [5.41, 5.74) is 5.32. The molecule has 0 aliphatic heterocycles. The van der Waals surface area contributed by atoms with Crippen molar-refractivity contribution in [3.63, 3.8) is 0 Å². The van der Waals surface area contributed by atoms with Crippen LogP contribution in [0.1, 0.15) is 12.8 Å². The second kappa shape index (κ2) is 14.1. The summed E-state index contributed by atoms with van der Waals surface area (Å²) in [5, 5.41) is 31.8. The summed E-state index contributed by atoms with van der Waals surface area (Å²) in [6, 6.07) is -2.30. The number of aliphatic hydroxyl groups is 1. The number of nitrogens with two attached hydrogens (primary N) is 1. The second-order valence-corrected chi connectivity index (χ2v) is 6.73. The van der Waals surface area contributed by atoms with E-state index in [4.69, 9.17) is 25.4 Å². The van der Waals surface area contributed by atoms with Crippen LogP contribution in [0.5, 0.6) is 0 Å². The number of carboxylic acids is 2. The molecule has 7 N–H and O–H groups in total. The van der Waals surface area contributed by atoms with Crippen LogP contribution in [0.15, 0.2) is 0 Å². The fraction of sp³-hybridized carbons (Fsp3) is 0.733. The molecule has 0 aliphatic rings. The first-order valence-corrected chi connectivity index (χ1v) is 9.36. The third-order valence-electron chi connectivity index (χ3n) is 3.42. The maximum absolute atomic E-state index is 12.1. The van der Waals surface area contributed by atoms with Gasteiger partial charge >= 0.3 is 11.9 Å². The molecule has 0 aromatic carbocycles.